The molecule has 0 saturated carbocycles. The SMILES string of the molecule is CC(O)c1ccc2c(c1)C=CS2(=O)=O. The molecule has 3 nitrogen and oxygen atoms in total. The van der Waals surface area contributed by atoms with E-state index in [0.717, 1.165) is 5.56 Å². The molecule has 0 bridgehead atoms. The highest BCUT2D eigenvalue weighted by Crippen LogP contribution is 2.28. The van der Waals surface area contributed by atoms with Crippen LogP contribution in [-0.4, -0.2) is 13.5 Å². The summed E-state index contributed by atoms with van der Waals surface area (Å²) in [6.07, 6.45) is 0.980. The quantitative estimate of drug-likeness (QED) is 0.764. The molecule has 4 heteroatoms. The number of benzene rings is 1. The van der Waals surface area contributed by atoms with E-state index in [0.29, 0.717) is 10.5 Å². The summed E-state index contributed by atoms with van der Waals surface area (Å²) in [4.78, 5) is 0.321. The van der Waals surface area contributed by atoms with Crippen LogP contribution in [0.3, 0.4) is 0 Å². The summed E-state index contributed by atoms with van der Waals surface area (Å²) in [5.74, 6) is 0. The van der Waals surface area contributed by atoms with Crippen LogP contribution in [0, 0.1) is 0 Å². The van der Waals surface area contributed by atoms with Gasteiger partial charge in [-0.25, -0.2) is 8.42 Å². The molecule has 0 fully saturated rings. The molecule has 0 aromatic heterocycles. The Morgan fingerprint density at radius 3 is 2.71 bits per heavy atom. The number of aliphatic hydroxyl groups excluding tert-OH is 1. The zero-order chi connectivity index (χ0) is 10.3. The van der Waals surface area contributed by atoms with E-state index in [2.05, 4.69) is 0 Å². The van der Waals surface area contributed by atoms with E-state index in [4.69, 9.17) is 0 Å². The van der Waals surface area contributed by atoms with Gasteiger partial charge in [0.15, 0.2) is 9.84 Å². The first kappa shape index (κ1) is 9.43. The van der Waals surface area contributed by atoms with Gasteiger partial charge in [0.25, 0.3) is 0 Å². The Bertz CT molecular complexity index is 498. The summed E-state index contributed by atoms with van der Waals surface area (Å²) in [5, 5.41) is 10.5. The molecule has 0 spiro atoms. The second-order valence-corrected chi connectivity index (χ2v) is 5.12. The molecule has 1 atom stereocenters. The highest BCUT2D eigenvalue weighted by Gasteiger charge is 2.20. The monoisotopic (exact) mass is 210 g/mol. The lowest BCUT2D eigenvalue weighted by Gasteiger charge is -2.06. The van der Waals surface area contributed by atoms with E-state index in [9.17, 15) is 13.5 Å². The van der Waals surface area contributed by atoms with Crippen LogP contribution in [0.4, 0.5) is 0 Å². The fourth-order valence-corrected chi connectivity index (χ4v) is 2.64. The van der Waals surface area contributed by atoms with E-state index < -0.39 is 15.9 Å². The Balaban J connectivity index is 2.61. The number of hydrogen-bond donors (Lipinski definition) is 1. The fraction of sp³-hybridized carbons (Fsp3) is 0.200. The molecule has 1 heterocycles. The smallest absolute Gasteiger partial charge is 0.200 e. The normalized spacial score (nSPS) is 19.3. The first-order valence-corrected chi connectivity index (χ1v) is 5.80. The Labute approximate surface area is 82.6 Å². The van der Waals surface area contributed by atoms with E-state index in [1.165, 1.54) is 11.5 Å². The van der Waals surface area contributed by atoms with Gasteiger partial charge in [0.1, 0.15) is 0 Å². The standard InChI is InChI=1S/C10H10O3S/c1-7(11)8-2-3-10-9(6-8)4-5-14(10,12)13/h2-7,11H,1H3. The number of sulfone groups is 1. The van der Waals surface area contributed by atoms with Gasteiger partial charge in [-0.15, -0.1) is 0 Å². The van der Waals surface area contributed by atoms with Crippen LogP contribution in [0.2, 0.25) is 0 Å². The minimum Gasteiger partial charge on any atom is -0.389 e. The third kappa shape index (κ3) is 1.36. The number of fused-ring (bicyclic) bond motifs is 1. The molecule has 0 saturated heterocycles. The molecule has 2 rings (SSSR count). The summed E-state index contributed by atoms with van der Waals surface area (Å²) in [6, 6.07) is 4.86. The minimum atomic E-state index is -3.21. The second-order valence-electron chi connectivity index (χ2n) is 3.32. The average molecular weight is 210 g/mol. The van der Waals surface area contributed by atoms with Gasteiger partial charge >= 0.3 is 0 Å². The largest absolute Gasteiger partial charge is 0.389 e. The molecule has 0 amide bonds. The van der Waals surface area contributed by atoms with Gasteiger partial charge in [0.2, 0.25) is 0 Å². The van der Waals surface area contributed by atoms with Crippen molar-refractivity contribution in [1.29, 1.82) is 0 Å². The third-order valence-electron chi connectivity index (χ3n) is 2.25. The Hall–Kier alpha value is -1.13. The summed E-state index contributed by atoms with van der Waals surface area (Å²) in [5.41, 5.74) is 1.38. The van der Waals surface area contributed by atoms with Gasteiger partial charge < -0.3 is 5.11 Å². The highest BCUT2D eigenvalue weighted by molar-refractivity contribution is 7.94. The lowest BCUT2D eigenvalue weighted by atomic mass is 10.1. The van der Waals surface area contributed by atoms with Gasteiger partial charge in [0, 0.05) is 5.41 Å². The summed E-state index contributed by atoms with van der Waals surface area (Å²) in [7, 11) is -3.21. The van der Waals surface area contributed by atoms with Crippen molar-refractivity contribution in [1.82, 2.24) is 0 Å². The first-order valence-electron chi connectivity index (χ1n) is 4.26. The molecular formula is C10H10O3S. The van der Waals surface area contributed by atoms with Crippen LogP contribution in [-0.2, 0) is 9.84 Å². The first-order chi connectivity index (χ1) is 6.50. The van der Waals surface area contributed by atoms with Crippen molar-refractivity contribution in [2.45, 2.75) is 17.9 Å². The Morgan fingerprint density at radius 1 is 1.36 bits per heavy atom. The predicted octanol–water partition coefficient (Wildman–Crippen LogP) is 1.50. The summed E-state index contributed by atoms with van der Waals surface area (Å²) < 4.78 is 22.8. The molecule has 1 aromatic carbocycles. The second kappa shape index (κ2) is 2.93. The zero-order valence-electron chi connectivity index (χ0n) is 7.64. The van der Waals surface area contributed by atoms with E-state index >= 15 is 0 Å². The Kier molecular flexibility index (Phi) is 1.97. The molecule has 0 radical (unpaired) electrons. The van der Waals surface area contributed by atoms with E-state index in [1.807, 2.05) is 0 Å². The molecule has 0 aliphatic carbocycles. The zero-order valence-corrected chi connectivity index (χ0v) is 8.45. The van der Waals surface area contributed by atoms with Crippen LogP contribution in [0.15, 0.2) is 28.5 Å². The molecule has 1 N–H and O–H groups in total. The van der Waals surface area contributed by atoms with Crippen molar-refractivity contribution in [3.05, 3.63) is 34.7 Å². The lowest BCUT2D eigenvalue weighted by Crippen LogP contribution is -1.96. The molecule has 1 aromatic rings. The van der Waals surface area contributed by atoms with Crippen molar-refractivity contribution in [2.24, 2.45) is 0 Å². The maximum absolute atomic E-state index is 11.4. The van der Waals surface area contributed by atoms with Crippen LogP contribution in [0.1, 0.15) is 24.2 Å². The van der Waals surface area contributed by atoms with Crippen molar-refractivity contribution in [3.8, 4) is 0 Å². The number of aliphatic hydroxyl groups is 1. The lowest BCUT2D eigenvalue weighted by molar-refractivity contribution is 0.199. The fourth-order valence-electron chi connectivity index (χ4n) is 1.45. The molecular weight excluding hydrogens is 200 g/mol. The van der Waals surface area contributed by atoms with Gasteiger partial charge in [-0.1, -0.05) is 6.07 Å². The molecule has 1 aliphatic heterocycles. The van der Waals surface area contributed by atoms with Crippen molar-refractivity contribution in [2.75, 3.05) is 0 Å². The van der Waals surface area contributed by atoms with Gasteiger partial charge in [-0.05, 0) is 36.3 Å². The van der Waals surface area contributed by atoms with Crippen molar-refractivity contribution < 1.29 is 13.5 Å². The Morgan fingerprint density at radius 2 is 2.07 bits per heavy atom. The average Bonchev–Trinajstić information content (AvgIpc) is 2.42. The van der Waals surface area contributed by atoms with Gasteiger partial charge in [-0.3, -0.25) is 0 Å². The number of hydrogen-bond acceptors (Lipinski definition) is 3. The van der Waals surface area contributed by atoms with Gasteiger partial charge in [0.05, 0.1) is 11.0 Å². The van der Waals surface area contributed by atoms with E-state index in [1.54, 1.807) is 25.1 Å². The van der Waals surface area contributed by atoms with Gasteiger partial charge in [-0.2, -0.15) is 0 Å². The molecule has 1 aliphatic rings. The molecule has 74 valence electrons. The molecule has 1 unspecified atom stereocenters. The highest BCUT2D eigenvalue weighted by atomic mass is 32.2. The van der Waals surface area contributed by atoms with Crippen molar-refractivity contribution in [3.63, 3.8) is 0 Å². The maximum atomic E-state index is 11.4. The van der Waals surface area contributed by atoms with Crippen molar-refractivity contribution >= 4 is 15.9 Å². The van der Waals surface area contributed by atoms with Crippen LogP contribution < -0.4 is 0 Å². The van der Waals surface area contributed by atoms with Crippen LogP contribution in [0.5, 0.6) is 0 Å². The maximum Gasteiger partial charge on any atom is 0.200 e. The van der Waals surface area contributed by atoms with Crippen LogP contribution >= 0.6 is 0 Å². The van der Waals surface area contributed by atoms with E-state index in [-0.39, 0.29) is 0 Å². The minimum absolute atomic E-state index is 0.321. The summed E-state index contributed by atoms with van der Waals surface area (Å²) in [6.45, 7) is 1.65. The summed E-state index contributed by atoms with van der Waals surface area (Å²) >= 11 is 0. The predicted molar refractivity (Wildman–Crippen MR) is 53.3 cm³/mol. The number of rotatable bonds is 1. The molecule has 14 heavy (non-hydrogen) atoms. The third-order valence-corrected chi connectivity index (χ3v) is 3.73. The van der Waals surface area contributed by atoms with Crippen LogP contribution in [0.25, 0.3) is 6.08 Å². The topological polar surface area (TPSA) is 54.4 Å².